The topological polar surface area (TPSA) is 81.1 Å². The largest absolute Gasteiger partial charge is 0.480 e. The summed E-state index contributed by atoms with van der Waals surface area (Å²) in [6.07, 6.45) is 4.03. The zero-order valence-electron chi connectivity index (χ0n) is 18.7. The molecule has 1 aromatic heterocycles. The molecule has 170 valence electrons. The predicted octanol–water partition coefficient (Wildman–Crippen LogP) is 5.38. The van der Waals surface area contributed by atoms with E-state index >= 15 is 0 Å². The fourth-order valence-corrected chi connectivity index (χ4v) is 4.18. The summed E-state index contributed by atoms with van der Waals surface area (Å²) in [7, 11) is 0. The summed E-state index contributed by atoms with van der Waals surface area (Å²) < 4.78 is 3.19. The van der Waals surface area contributed by atoms with Crippen LogP contribution in [0.25, 0.3) is 0 Å². The first kappa shape index (κ1) is 24.7. The van der Waals surface area contributed by atoms with Crippen molar-refractivity contribution < 1.29 is 9.90 Å². The van der Waals surface area contributed by atoms with E-state index in [1.807, 2.05) is 6.33 Å². The number of carboxylic acid groups (broad SMARTS) is 1. The molecule has 1 heterocycles. The number of halogens is 1. The summed E-state index contributed by atoms with van der Waals surface area (Å²) >= 11 is 2.27. The van der Waals surface area contributed by atoms with E-state index in [1.54, 1.807) is 13.8 Å². The number of nitrogens with zero attached hydrogens (tertiary/aromatic N) is 2. The molecule has 0 radical (unpaired) electrons. The first-order valence-electron chi connectivity index (χ1n) is 10.7. The van der Waals surface area contributed by atoms with Crippen LogP contribution in [0.3, 0.4) is 0 Å². The van der Waals surface area contributed by atoms with E-state index in [2.05, 4.69) is 129 Å². The molecule has 0 aliphatic carbocycles. The van der Waals surface area contributed by atoms with Crippen molar-refractivity contribution in [2.75, 3.05) is 0 Å². The molecule has 0 aliphatic heterocycles. The van der Waals surface area contributed by atoms with E-state index < -0.39 is 17.6 Å². The molecule has 1 atom stereocenters. The van der Waals surface area contributed by atoms with Gasteiger partial charge in [-0.05, 0) is 45.2 Å². The molecule has 4 aromatic rings. The average molecular weight is 553 g/mol. The maximum atomic E-state index is 10.0. The van der Waals surface area contributed by atoms with Gasteiger partial charge in [-0.15, -0.1) is 0 Å². The lowest BCUT2D eigenvalue weighted by atomic mass is 9.77. The molecule has 3 aromatic carbocycles. The lowest BCUT2D eigenvalue weighted by Gasteiger charge is -2.37. The Hall–Kier alpha value is -2.97. The van der Waals surface area contributed by atoms with Gasteiger partial charge in [-0.3, -0.25) is 4.79 Å². The van der Waals surface area contributed by atoms with Crippen molar-refractivity contribution in [2.45, 2.75) is 25.4 Å². The first-order valence-corrected chi connectivity index (χ1v) is 11.8. The van der Waals surface area contributed by atoms with E-state index in [0.29, 0.717) is 0 Å². The van der Waals surface area contributed by atoms with E-state index in [4.69, 9.17) is 10.8 Å². The van der Waals surface area contributed by atoms with Crippen LogP contribution < -0.4 is 5.73 Å². The molecule has 6 heteroatoms. The normalized spacial score (nSPS) is 12.0. The number of nitrogens with two attached hydrogens (primary N) is 1. The summed E-state index contributed by atoms with van der Waals surface area (Å²) in [5.41, 5.74) is 8.33. The van der Waals surface area contributed by atoms with Crippen LogP contribution in [-0.4, -0.2) is 26.7 Å². The monoisotopic (exact) mass is 553 g/mol. The van der Waals surface area contributed by atoms with Crippen molar-refractivity contribution in [3.8, 4) is 0 Å². The van der Waals surface area contributed by atoms with Gasteiger partial charge in [0.15, 0.2) is 0 Å². The minimum atomic E-state index is -0.931. The van der Waals surface area contributed by atoms with Gasteiger partial charge >= 0.3 is 5.97 Å². The Morgan fingerprint density at radius 1 is 0.879 bits per heavy atom. The molecular weight excluding hydrogens is 525 g/mol. The summed E-state index contributed by atoms with van der Waals surface area (Å²) in [6.45, 7) is 3.55. The highest BCUT2D eigenvalue weighted by atomic mass is 127. The van der Waals surface area contributed by atoms with Gasteiger partial charge in [-0.1, -0.05) is 105 Å². The first-order chi connectivity index (χ1) is 15.9. The second kappa shape index (κ2) is 11.2. The van der Waals surface area contributed by atoms with E-state index in [9.17, 15) is 4.79 Å². The number of aromatic nitrogens is 2. The molecule has 0 saturated carbocycles. The number of carboxylic acids is 1. The Kier molecular flexibility index (Phi) is 8.41. The molecule has 5 nitrogen and oxygen atoms in total. The van der Waals surface area contributed by atoms with E-state index in [0.717, 1.165) is 3.70 Å². The van der Waals surface area contributed by atoms with Crippen LogP contribution in [0.4, 0.5) is 0 Å². The van der Waals surface area contributed by atoms with Crippen molar-refractivity contribution in [1.82, 2.24) is 9.55 Å². The van der Waals surface area contributed by atoms with Crippen LogP contribution in [0.15, 0.2) is 104 Å². The number of aliphatic carboxylic acids is 1. The molecule has 0 amide bonds. The van der Waals surface area contributed by atoms with Crippen LogP contribution in [0.2, 0.25) is 0 Å². The summed E-state index contributed by atoms with van der Waals surface area (Å²) in [4.78, 5) is 14.5. The lowest BCUT2D eigenvalue weighted by molar-refractivity contribution is -0.139. The Labute approximate surface area is 208 Å². The highest BCUT2D eigenvalue weighted by Gasteiger charge is 2.38. The van der Waals surface area contributed by atoms with Crippen LogP contribution in [0.5, 0.6) is 0 Å². The van der Waals surface area contributed by atoms with Crippen molar-refractivity contribution >= 4 is 28.6 Å². The van der Waals surface area contributed by atoms with Crippen molar-refractivity contribution in [2.24, 2.45) is 11.7 Å². The molecule has 0 spiro atoms. The van der Waals surface area contributed by atoms with Crippen LogP contribution in [0.1, 0.15) is 30.5 Å². The number of hydrogen-bond donors (Lipinski definition) is 2. The second-order valence-corrected chi connectivity index (χ2v) is 9.13. The van der Waals surface area contributed by atoms with Gasteiger partial charge in [0.1, 0.15) is 15.3 Å². The molecule has 33 heavy (non-hydrogen) atoms. The number of benzene rings is 3. The highest BCUT2D eigenvalue weighted by Crippen LogP contribution is 2.40. The SMILES string of the molecule is CC(C)[C@H](N)C(=O)O.Ic1cn(C(c2ccccc2)(c2ccccc2)c2ccccc2)cn1. The number of hydrogen-bond acceptors (Lipinski definition) is 3. The quantitative estimate of drug-likeness (QED) is 0.248. The van der Waals surface area contributed by atoms with E-state index in [-0.39, 0.29) is 5.92 Å². The molecular formula is C27H28IN3O2. The minimum Gasteiger partial charge on any atom is -0.480 e. The number of imidazole rings is 1. The van der Waals surface area contributed by atoms with Crippen LogP contribution >= 0.6 is 22.6 Å². The third-order valence-corrected chi connectivity index (χ3v) is 6.07. The Morgan fingerprint density at radius 3 is 1.52 bits per heavy atom. The van der Waals surface area contributed by atoms with Gasteiger partial charge < -0.3 is 15.4 Å². The predicted molar refractivity (Wildman–Crippen MR) is 140 cm³/mol. The molecule has 0 fully saturated rings. The molecule has 0 unspecified atom stereocenters. The fraction of sp³-hybridized carbons (Fsp3) is 0.185. The maximum Gasteiger partial charge on any atom is 0.320 e. The van der Waals surface area contributed by atoms with Gasteiger partial charge in [0.25, 0.3) is 0 Å². The Bertz CT molecular complexity index is 1050. The Balaban J connectivity index is 0.000000331. The van der Waals surface area contributed by atoms with Crippen molar-refractivity contribution in [3.05, 3.63) is 124 Å². The van der Waals surface area contributed by atoms with Gasteiger partial charge in [0.05, 0.1) is 6.33 Å². The van der Waals surface area contributed by atoms with Crippen molar-refractivity contribution in [1.29, 1.82) is 0 Å². The van der Waals surface area contributed by atoms with Crippen LogP contribution in [0, 0.1) is 9.62 Å². The lowest BCUT2D eigenvalue weighted by Crippen LogP contribution is -2.36. The second-order valence-electron chi connectivity index (χ2n) is 8.02. The van der Waals surface area contributed by atoms with Gasteiger partial charge in [0, 0.05) is 6.20 Å². The Morgan fingerprint density at radius 2 is 1.27 bits per heavy atom. The van der Waals surface area contributed by atoms with Gasteiger partial charge in [0.2, 0.25) is 0 Å². The standard InChI is InChI=1S/C22H17IN2.C5H11NO2/c23-21-16-25(17-24-21)22(18-10-4-1-5-11-18,19-12-6-2-7-13-19)20-14-8-3-9-15-20;1-3(2)4(6)5(7)8/h1-17H;3-4H,6H2,1-2H3,(H,7,8)/t;4-/m.0/s1. The number of carbonyl (C=O) groups is 1. The van der Waals surface area contributed by atoms with Gasteiger partial charge in [-0.25, -0.2) is 4.98 Å². The summed E-state index contributed by atoms with van der Waals surface area (Å²) in [5.74, 6) is -0.910. The summed E-state index contributed by atoms with van der Waals surface area (Å²) in [6, 6.07) is 31.2. The number of rotatable bonds is 6. The molecule has 0 aliphatic rings. The molecule has 0 bridgehead atoms. The smallest absolute Gasteiger partial charge is 0.320 e. The maximum absolute atomic E-state index is 10.0. The summed E-state index contributed by atoms with van der Waals surface area (Å²) in [5, 5.41) is 8.23. The molecule has 4 rings (SSSR count). The molecule has 3 N–H and O–H groups in total. The van der Waals surface area contributed by atoms with E-state index in [1.165, 1.54) is 16.7 Å². The minimum absolute atomic E-state index is 0.0208. The third-order valence-electron chi connectivity index (χ3n) is 5.52. The average Bonchev–Trinajstić information content (AvgIpc) is 3.28. The van der Waals surface area contributed by atoms with Crippen LogP contribution in [-0.2, 0) is 10.3 Å². The zero-order valence-corrected chi connectivity index (χ0v) is 20.8. The van der Waals surface area contributed by atoms with Gasteiger partial charge in [-0.2, -0.15) is 0 Å². The van der Waals surface area contributed by atoms with Crippen molar-refractivity contribution in [3.63, 3.8) is 0 Å². The fourth-order valence-electron chi connectivity index (χ4n) is 3.75. The third kappa shape index (κ3) is 5.51. The highest BCUT2D eigenvalue weighted by molar-refractivity contribution is 14.1. The zero-order chi connectivity index (χ0) is 23.8. The molecule has 0 saturated heterocycles.